The Morgan fingerprint density at radius 3 is 1.14 bits per heavy atom. The van der Waals surface area contributed by atoms with Crippen molar-refractivity contribution in [2.75, 3.05) is 19.8 Å². The third-order valence-electron chi connectivity index (χ3n) is 10.9. The molecule has 11 nitrogen and oxygen atoms in total. The van der Waals surface area contributed by atoms with Crippen LogP contribution >= 0.6 is 7.82 Å². The lowest BCUT2D eigenvalue weighted by Crippen LogP contribution is -2.43. The molecule has 0 rings (SSSR count). The van der Waals surface area contributed by atoms with E-state index < -0.39 is 57.6 Å². The van der Waals surface area contributed by atoms with E-state index in [1.807, 2.05) is 0 Å². The fraction of sp³-hybridized carbons (Fsp3) is 0.935. The molecular formula is C46H90NO10P. The molecule has 0 aliphatic heterocycles. The van der Waals surface area contributed by atoms with E-state index in [1.165, 1.54) is 167 Å². The van der Waals surface area contributed by atoms with Gasteiger partial charge in [-0.05, 0) is 12.8 Å². The molecule has 0 saturated heterocycles. The SMILES string of the molecule is CCCCCCCCCCCCCCCCCCCCCCCCCC(=O)NC(COP(=O)(O)OCC(O)COC(=O)CCCCCCCCCCCCC)C(=O)O. The minimum Gasteiger partial charge on any atom is -0.480 e. The van der Waals surface area contributed by atoms with Crippen LogP contribution < -0.4 is 5.32 Å². The van der Waals surface area contributed by atoms with E-state index in [1.54, 1.807) is 0 Å². The number of aliphatic hydroxyl groups excluding tert-OH is 1. The highest BCUT2D eigenvalue weighted by Gasteiger charge is 2.28. The number of amides is 1. The number of nitrogens with one attached hydrogen (secondary N) is 1. The Balaban J connectivity index is 3.78. The first-order chi connectivity index (χ1) is 28.1. The van der Waals surface area contributed by atoms with Gasteiger partial charge < -0.3 is 25.2 Å². The van der Waals surface area contributed by atoms with Gasteiger partial charge in [0, 0.05) is 12.8 Å². The molecule has 0 fully saturated rings. The van der Waals surface area contributed by atoms with E-state index in [0.717, 1.165) is 38.5 Å². The average molecular weight is 848 g/mol. The second kappa shape index (κ2) is 42.2. The van der Waals surface area contributed by atoms with Crippen LogP contribution in [0.3, 0.4) is 0 Å². The predicted molar refractivity (Wildman–Crippen MR) is 236 cm³/mol. The van der Waals surface area contributed by atoms with E-state index in [9.17, 15) is 34.1 Å². The van der Waals surface area contributed by atoms with Gasteiger partial charge in [0.1, 0.15) is 12.7 Å². The van der Waals surface area contributed by atoms with E-state index in [2.05, 4.69) is 19.2 Å². The van der Waals surface area contributed by atoms with Crippen molar-refractivity contribution in [3.8, 4) is 0 Å². The topological polar surface area (TPSA) is 169 Å². The lowest BCUT2D eigenvalue weighted by molar-refractivity contribution is -0.147. The number of hydrogen-bond donors (Lipinski definition) is 4. The second-order valence-electron chi connectivity index (χ2n) is 16.7. The number of carboxylic acids is 1. The Bertz CT molecular complexity index is 1000. The van der Waals surface area contributed by atoms with E-state index in [4.69, 9.17) is 13.8 Å². The number of hydrogen-bond acceptors (Lipinski definition) is 8. The van der Waals surface area contributed by atoms with Gasteiger partial charge in [-0.25, -0.2) is 9.36 Å². The van der Waals surface area contributed by atoms with Crippen LogP contribution in [-0.2, 0) is 32.7 Å². The van der Waals surface area contributed by atoms with Gasteiger partial charge in [0.2, 0.25) is 5.91 Å². The molecule has 4 N–H and O–H groups in total. The number of carbonyl (C=O) groups excluding carboxylic acids is 2. The summed E-state index contributed by atoms with van der Waals surface area (Å²) in [5, 5.41) is 21.8. The zero-order valence-electron chi connectivity index (χ0n) is 37.4. The van der Waals surface area contributed by atoms with Gasteiger partial charge in [0.15, 0.2) is 6.04 Å². The first-order valence-corrected chi connectivity index (χ1v) is 25.6. The number of phosphoric ester groups is 1. The van der Waals surface area contributed by atoms with Crippen LogP contribution in [0.5, 0.6) is 0 Å². The third-order valence-corrected chi connectivity index (χ3v) is 11.8. The van der Waals surface area contributed by atoms with Crippen LogP contribution in [0.1, 0.15) is 245 Å². The molecular weight excluding hydrogens is 757 g/mol. The Morgan fingerprint density at radius 1 is 0.483 bits per heavy atom. The summed E-state index contributed by atoms with van der Waals surface area (Å²) >= 11 is 0. The monoisotopic (exact) mass is 848 g/mol. The number of aliphatic carboxylic acids is 1. The summed E-state index contributed by atoms with van der Waals surface area (Å²) in [6, 6.07) is -1.54. The highest BCUT2D eigenvalue weighted by molar-refractivity contribution is 7.47. The van der Waals surface area contributed by atoms with Gasteiger partial charge in [-0.1, -0.05) is 219 Å². The summed E-state index contributed by atoms with van der Waals surface area (Å²) < 4.78 is 26.8. The van der Waals surface area contributed by atoms with Crippen molar-refractivity contribution in [1.82, 2.24) is 5.32 Å². The molecule has 3 atom stereocenters. The first kappa shape index (κ1) is 56.5. The number of aliphatic hydroxyl groups is 1. The molecule has 0 aromatic carbocycles. The summed E-state index contributed by atoms with van der Waals surface area (Å²) in [4.78, 5) is 45.9. The van der Waals surface area contributed by atoms with Gasteiger partial charge >= 0.3 is 19.8 Å². The highest BCUT2D eigenvalue weighted by atomic mass is 31.2. The molecule has 0 aromatic heterocycles. The lowest BCUT2D eigenvalue weighted by Gasteiger charge is -2.18. The number of phosphoric acid groups is 1. The number of esters is 1. The van der Waals surface area contributed by atoms with Gasteiger partial charge in [-0.3, -0.25) is 18.6 Å². The number of carboxylic acid groups (broad SMARTS) is 1. The first-order valence-electron chi connectivity index (χ1n) is 24.1. The van der Waals surface area contributed by atoms with Gasteiger partial charge in [-0.2, -0.15) is 0 Å². The number of ether oxygens (including phenoxy) is 1. The fourth-order valence-corrected chi connectivity index (χ4v) is 7.91. The molecule has 12 heteroatoms. The number of carbonyl (C=O) groups is 3. The summed E-state index contributed by atoms with van der Waals surface area (Å²) in [5.41, 5.74) is 0. The number of unbranched alkanes of at least 4 members (excludes halogenated alkanes) is 32. The zero-order chi connectivity index (χ0) is 42.8. The standard InChI is InChI=1S/C46H90NO10P/c1-3-5-7-9-11-13-15-16-17-18-19-20-21-22-23-24-25-26-28-29-31-33-35-37-44(49)47-43(46(51)52)41-57-58(53,54)56-40-42(48)39-55-45(50)38-36-34-32-30-27-14-12-10-8-6-4-2/h42-43,48H,3-41H2,1-2H3,(H,47,49)(H,51,52)(H,53,54). The Kier molecular flexibility index (Phi) is 41.1. The molecule has 0 aliphatic rings. The molecule has 0 spiro atoms. The van der Waals surface area contributed by atoms with Crippen LogP contribution in [0.15, 0.2) is 0 Å². The van der Waals surface area contributed by atoms with Crippen molar-refractivity contribution in [3.63, 3.8) is 0 Å². The van der Waals surface area contributed by atoms with Crippen molar-refractivity contribution >= 4 is 25.7 Å². The van der Waals surface area contributed by atoms with Crippen molar-refractivity contribution in [1.29, 1.82) is 0 Å². The maximum Gasteiger partial charge on any atom is 0.472 e. The summed E-state index contributed by atoms with van der Waals surface area (Å²) in [6.07, 6.45) is 41.4. The molecule has 58 heavy (non-hydrogen) atoms. The van der Waals surface area contributed by atoms with E-state index >= 15 is 0 Å². The highest BCUT2D eigenvalue weighted by Crippen LogP contribution is 2.43. The van der Waals surface area contributed by atoms with Gasteiger partial charge in [0.05, 0.1) is 13.2 Å². The van der Waals surface area contributed by atoms with Crippen molar-refractivity contribution < 1.29 is 47.8 Å². The molecule has 0 aliphatic carbocycles. The minimum atomic E-state index is -4.75. The fourth-order valence-electron chi connectivity index (χ4n) is 7.14. The maximum atomic E-state index is 12.3. The average Bonchev–Trinajstić information content (AvgIpc) is 3.20. The van der Waals surface area contributed by atoms with E-state index in [0.29, 0.717) is 12.8 Å². The van der Waals surface area contributed by atoms with Crippen LogP contribution in [0.2, 0.25) is 0 Å². The van der Waals surface area contributed by atoms with Crippen molar-refractivity contribution in [2.45, 2.75) is 257 Å². The second-order valence-corrected chi connectivity index (χ2v) is 18.1. The summed E-state index contributed by atoms with van der Waals surface area (Å²) in [5.74, 6) is -2.35. The number of rotatable bonds is 46. The van der Waals surface area contributed by atoms with Gasteiger partial charge in [-0.15, -0.1) is 0 Å². The van der Waals surface area contributed by atoms with Gasteiger partial charge in [0.25, 0.3) is 0 Å². The Labute approximate surface area is 354 Å². The third kappa shape index (κ3) is 41.2. The molecule has 0 saturated carbocycles. The molecule has 1 amide bonds. The largest absolute Gasteiger partial charge is 0.480 e. The molecule has 0 aromatic rings. The maximum absolute atomic E-state index is 12.3. The van der Waals surface area contributed by atoms with Crippen LogP contribution in [-0.4, -0.2) is 64.9 Å². The molecule has 3 unspecified atom stereocenters. The van der Waals surface area contributed by atoms with E-state index in [-0.39, 0.29) is 12.8 Å². The minimum absolute atomic E-state index is 0.153. The molecule has 0 bridgehead atoms. The smallest absolute Gasteiger partial charge is 0.472 e. The predicted octanol–water partition coefficient (Wildman–Crippen LogP) is 12.7. The van der Waals surface area contributed by atoms with Crippen LogP contribution in [0, 0.1) is 0 Å². The summed E-state index contributed by atoms with van der Waals surface area (Å²) in [6.45, 7) is 2.62. The van der Waals surface area contributed by atoms with Crippen LogP contribution in [0.4, 0.5) is 0 Å². The van der Waals surface area contributed by atoms with Crippen LogP contribution in [0.25, 0.3) is 0 Å². The Morgan fingerprint density at radius 2 is 0.793 bits per heavy atom. The normalized spacial score (nSPS) is 13.6. The van der Waals surface area contributed by atoms with Crippen molar-refractivity contribution in [2.24, 2.45) is 0 Å². The lowest BCUT2D eigenvalue weighted by atomic mass is 10.0. The molecule has 344 valence electrons. The zero-order valence-corrected chi connectivity index (χ0v) is 38.3. The quantitative estimate of drug-likeness (QED) is 0.0263. The molecule has 0 heterocycles. The summed E-state index contributed by atoms with van der Waals surface area (Å²) in [7, 11) is -4.75. The Hall–Kier alpha value is -1.52. The van der Waals surface area contributed by atoms with Crippen molar-refractivity contribution in [3.05, 3.63) is 0 Å². The molecule has 0 radical (unpaired) electrons.